The van der Waals surface area contributed by atoms with Crippen LogP contribution < -0.4 is 5.32 Å². The molecule has 2 aliphatic heterocycles. The van der Waals surface area contributed by atoms with Crippen LogP contribution >= 0.6 is 0 Å². The molecule has 7 nitrogen and oxygen atoms in total. The quantitative estimate of drug-likeness (QED) is 0.865. The van der Waals surface area contributed by atoms with E-state index in [9.17, 15) is 9.59 Å². The molecule has 0 bridgehead atoms. The molecular formula is C16H25N5O2. The highest BCUT2D eigenvalue weighted by atomic mass is 16.2. The van der Waals surface area contributed by atoms with Crippen molar-refractivity contribution in [3.8, 4) is 0 Å². The number of carbonyl (C=O) groups excluding carboxylic acids is 2. The van der Waals surface area contributed by atoms with Gasteiger partial charge in [0.2, 0.25) is 11.8 Å². The fourth-order valence-corrected chi connectivity index (χ4v) is 3.30. The van der Waals surface area contributed by atoms with Crippen molar-refractivity contribution < 1.29 is 9.59 Å². The molecule has 1 fully saturated rings. The maximum Gasteiger partial charge on any atom is 0.239 e. The van der Waals surface area contributed by atoms with Crippen LogP contribution in [-0.2, 0) is 29.0 Å². The van der Waals surface area contributed by atoms with Crippen molar-refractivity contribution >= 4 is 11.8 Å². The zero-order chi connectivity index (χ0) is 16.1. The van der Waals surface area contributed by atoms with Crippen molar-refractivity contribution in [3.63, 3.8) is 0 Å². The number of nitrogens with zero attached hydrogens (tertiary/aromatic N) is 4. The smallest absolute Gasteiger partial charge is 0.239 e. The molecule has 3 heterocycles. The number of hydrogen-bond donors (Lipinski definition) is 1. The molecule has 0 spiro atoms. The minimum absolute atomic E-state index is 0.0872. The van der Waals surface area contributed by atoms with Crippen LogP contribution in [0.5, 0.6) is 0 Å². The van der Waals surface area contributed by atoms with Gasteiger partial charge in [0.05, 0.1) is 6.54 Å². The number of hydrogen-bond acceptors (Lipinski definition) is 4. The molecule has 2 aliphatic rings. The predicted octanol–water partition coefficient (Wildman–Crippen LogP) is 0.676. The summed E-state index contributed by atoms with van der Waals surface area (Å²) in [5.41, 5.74) is 0. The average molecular weight is 319 g/mol. The molecule has 2 amide bonds. The van der Waals surface area contributed by atoms with E-state index in [1.807, 2.05) is 0 Å². The Balaban J connectivity index is 1.45. The highest BCUT2D eigenvalue weighted by Crippen LogP contribution is 2.14. The summed E-state index contributed by atoms with van der Waals surface area (Å²) in [6.07, 6.45) is 7.77. The van der Waals surface area contributed by atoms with Gasteiger partial charge in [-0.3, -0.25) is 9.59 Å². The number of fused-ring (bicyclic) bond motifs is 1. The number of carbonyl (C=O) groups is 2. The van der Waals surface area contributed by atoms with E-state index in [4.69, 9.17) is 0 Å². The molecule has 0 unspecified atom stereocenters. The summed E-state index contributed by atoms with van der Waals surface area (Å²) < 4.78 is 2.20. The van der Waals surface area contributed by atoms with E-state index in [0.717, 1.165) is 37.5 Å². The summed E-state index contributed by atoms with van der Waals surface area (Å²) in [6.45, 7) is 2.40. The topological polar surface area (TPSA) is 80.1 Å². The van der Waals surface area contributed by atoms with Crippen LogP contribution in [0.15, 0.2) is 0 Å². The van der Waals surface area contributed by atoms with Gasteiger partial charge in [0.1, 0.15) is 11.6 Å². The number of rotatable bonds is 5. The Morgan fingerprint density at radius 3 is 2.74 bits per heavy atom. The Morgan fingerprint density at radius 2 is 1.87 bits per heavy atom. The molecule has 1 saturated heterocycles. The van der Waals surface area contributed by atoms with Gasteiger partial charge in [-0.1, -0.05) is 6.42 Å². The van der Waals surface area contributed by atoms with Gasteiger partial charge in [0.25, 0.3) is 0 Å². The fourth-order valence-electron chi connectivity index (χ4n) is 3.30. The van der Waals surface area contributed by atoms with Crippen molar-refractivity contribution in [2.75, 3.05) is 19.6 Å². The maximum atomic E-state index is 12.0. The van der Waals surface area contributed by atoms with E-state index in [0.29, 0.717) is 25.9 Å². The van der Waals surface area contributed by atoms with Crippen molar-refractivity contribution in [2.45, 2.75) is 57.9 Å². The zero-order valence-electron chi connectivity index (χ0n) is 13.6. The van der Waals surface area contributed by atoms with Gasteiger partial charge >= 0.3 is 0 Å². The number of amides is 2. The van der Waals surface area contributed by atoms with E-state index in [1.165, 1.54) is 19.3 Å². The summed E-state index contributed by atoms with van der Waals surface area (Å²) >= 11 is 0. The van der Waals surface area contributed by atoms with Gasteiger partial charge in [0, 0.05) is 38.9 Å². The van der Waals surface area contributed by atoms with Crippen LogP contribution in [0.25, 0.3) is 0 Å². The van der Waals surface area contributed by atoms with E-state index >= 15 is 0 Å². The monoisotopic (exact) mass is 319 g/mol. The highest BCUT2D eigenvalue weighted by molar-refractivity contribution is 5.85. The third kappa shape index (κ3) is 4.09. The molecular weight excluding hydrogens is 294 g/mol. The van der Waals surface area contributed by atoms with Crippen LogP contribution in [0.2, 0.25) is 0 Å². The molecule has 1 aromatic heterocycles. The molecule has 0 radical (unpaired) electrons. The van der Waals surface area contributed by atoms with Gasteiger partial charge < -0.3 is 14.8 Å². The second-order valence-corrected chi connectivity index (χ2v) is 6.37. The number of aryl methyl sites for hydroxylation is 1. The lowest BCUT2D eigenvalue weighted by Gasteiger charge is -2.25. The van der Waals surface area contributed by atoms with Crippen molar-refractivity contribution in [1.29, 1.82) is 0 Å². The van der Waals surface area contributed by atoms with Gasteiger partial charge in [-0.05, 0) is 25.7 Å². The Bertz CT molecular complexity index is 569. The molecule has 0 aliphatic carbocycles. The predicted molar refractivity (Wildman–Crippen MR) is 84.7 cm³/mol. The minimum Gasteiger partial charge on any atom is -0.354 e. The number of likely N-dealkylation sites (tertiary alicyclic amines) is 1. The molecule has 0 atom stereocenters. The van der Waals surface area contributed by atoms with Crippen LogP contribution in [0.4, 0.5) is 0 Å². The molecule has 0 aromatic carbocycles. The summed E-state index contributed by atoms with van der Waals surface area (Å²) in [5, 5.41) is 11.4. The van der Waals surface area contributed by atoms with Gasteiger partial charge in [-0.25, -0.2) is 0 Å². The number of aromatic nitrogens is 3. The van der Waals surface area contributed by atoms with E-state index < -0.39 is 0 Å². The van der Waals surface area contributed by atoms with Crippen LogP contribution in [0, 0.1) is 0 Å². The summed E-state index contributed by atoms with van der Waals surface area (Å²) in [6, 6.07) is 0. The molecule has 23 heavy (non-hydrogen) atoms. The number of nitrogens with one attached hydrogen (secondary N) is 1. The molecule has 7 heteroatoms. The normalized spacial score (nSPS) is 18.4. The van der Waals surface area contributed by atoms with Crippen LogP contribution in [0.1, 0.15) is 50.2 Å². The SMILES string of the molecule is O=C(CN1CCCCC1=O)NCCc1nnc2n1CCCCC2. The third-order valence-corrected chi connectivity index (χ3v) is 4.61. The lowest BCUT2D eigenvalue weighted by molar-refractivity contribution is -0.137. The number of piperidine rings is 1. The first-order valence-electron chi connectivity index (χ1n) is 8.69. The van der Waals surface area contributed by atoms with Gasteiger partial charge in [-0.2, -0.15) is 0 Å². The van der Waals surface area contributed by atoms with Crippen LogP contribution in [-0.4, -0.2) is 51.1 Å². The zero-order valence-corrected chi connectivity index (χ0v) is 13.6. The highest BCUT2D eigenvalue weighted by Gasteiger charge is 2.20. The Hall–Kier alpha value is -1.92. The van der Waals surface area contributed by atoms with Crippen LogP contribution in [0.3, 0.4) is 0 Å². The third-order valence-electron chi connectivity index (χ3n) is 4.61. The molecule has 1 aromatic rings. The van der Waals surface area contributed by atoms with Gasteiger partial charge in [-0.15, -0.1) is 10.2 Å². The second kappa shape index (κ2) is 7.57. The van der Waals surface area contributed by atoms with Crippen molar-refractivity contribution in [2.24, 2.45) is 0 Å². The largest absolute Gasteiger partial charge is 0.354 e. The molecule has 1 N–H and O–H groups in total. The first kappa shape index (κ1) is 16.0. The average Bonchev–Trinajstić information content (AvgIpc) is 2.78. The van der Waals surface area contributed by atoms with Crippen molar-refractivity contribution in [3.05, 3.63) is 11.6 Å². The molecule has 126 valence electrons. The maximum absolute atomic E-state index is 12.0. The first-order chi connectivity index (χ1) is 11.2. The fraction of sp³-hybridized carbons (Fsp3) is 0.750. The summed E-state index contributed by atoms with van der Waals surface area (Å²) in [5.74, 6) is 2.03. The molecule has 3 rings (SSSR count). The van der Waals surface area contributed by atoms with Gasteiger partial charge in [0.15, 0.2) is 0 Å². The van der Waals surface area contributed by atoms with E-state index in [1.54, 1.807) is 4.90 Å². The van der Waals surface area contributed by atoms with E-state index in [2.05, 4.69) is 20.1 Å². The lowest BCUT2D eigenvalue weighted by atomic mass is 10.1. The Morgan fingerprint density at radius 1 is 1.04 bits per heavy atom. The standard InChI is InChI=1S/C16H25N5O2/c22-15(12-20-10-5-3-7-16(20)23)17-9-8-14-19-18-13-6-2-1-4-11-21(13)14/h1-12H2,(H,17,22). The first-order valence-corrected chi connectivity index (χ1v) is 8.69. The lowest BCUT2D eigenvalue weighted by Crippen LogP contribution is -2.43. The van der Waals surface area contributed by atoms with E-state index in [-0.39, 0.29) is 18.4 Å². The summed E-state index contributed by atoms with van der Waals surface area (Å²) in [4.78, 5) is 25.3. The minimum atomic E-state index is -0.0872. The molecule has 0 saturated carbocycles. The second-order valence-electron chi connectivity index (χ2n) is 6.37. The Kier molecular flexibility index (Phi) is 5.25. The van der Waals surface area contributed by atoms with Crippen molar-refractivity contribution in [1.82, 2.24) is 25.0 Å². The summed E-state index contributed by atoms with van der Waals surface area (Å²) in [7, 11) is 0. The Labute approximate surface area is 136 Å².